The Balaban J connectivity index is 2.94. The maximum Gasteiger partial charge on any atom is 0.255 e. The molecular formula is C12H14F2N2O2. The number of carbonyl (C=O) groups excluding carboxylic acids is 2. The Hall–Kier alpha value is -1.98. The van der Waals surface area contributed by atoms with Crippen LogP contribution >= 0.6 is 0 Å². The summed E-state index contributed by atoms with van der Waals surface area (Å²) in [7, 11) is 0. The molecule has 0 aromatic heterocycles. The van der Waals surface area contributed by atoms with Crippen molar-refractivity contribution in [3.63, 3.8) is 0 Å². The Morgan fingerprint density at radius 1 is 1.28 bits per heavy atom. The topological polar surface area (TPSA) is 72.2 Å². The highest BCUT2D eigenvalue weighted by atomic mass is 19.2. The van der Waals surface area contributed by atoms with Crippen LogP contribution < -0.4 is 11.1 Å². The lowest BCUT2D eigenvalue weighted by Crippen LogP contribution is -2.47. The van der Waals surface area contributed by atoms with E-state index in [-0.39, 0.29) is 5.92 Å². The molecule has 1 rings (SSSR count). The molecule has 1 aromatic carbocycles. The summed E-state index contributed by atoms with van der Waals surface area (Å²) in [6.45, 7) is 3.36. The van der Waals surface area contributed by atoms with E-state index in [4.69, 9.17) is 5.73 Å². The van der Waals surface area contributed by atoms with Crippen LogP contribution in [0.1, 0.15) is 24.2 Å². The van der Waals surface area contributed by atoms with E-state index in [1.165, 1.54) is 6.07 Å². The van der Waals surface area contributed by atoms with E-state index in [0.717, 1.165) is 12.1 Å². The van der Waals surface area contributed by atoms with Gasteiger partial charge in [0.1, 0.15) is 6.04 Å². The van der Waals surface area contributed by atoms with Gasteiger partial charge >= 0.3 is 0 Å². The van der Waals surface area contributed by atoms with Crippen LogP contribution in [0.2, 0.25) is 0 Å². The zero-order valence-corrected chi connectivity index (χ0v) is 10.0. The first-order valence-electron chi connectivity index (χ1n) is 5.38. The molecule has 98 valence electrons. The van der Waals surface area contributed by atoms with Crippen LogP contribution in [0.4, 0.5) is 8.78 Å². The van der Waals surface area contributed by atoms with E-state index >= 15 is 0 Å². The molecule has 0 saturated heterocycles. The van der Waals surface area contributed by atoms with E-state index in [2.05, 4.69) is 5.32 Å². The summed E-state index contributed by atoms with van der Waals surface area (Å²) >= 11 is 0. The minimum atomic E-state index is -1.25. The molecule has 0 aliphatic rings. The first kappa shape index (κ1) is 14.1. The van der Waals surface area contributed by atoms with Gasteiger partial charge in [0.05, 0.1) is 5.56 Å². The summed E-state index contributed by atoms with van der Waals surface area (Å²) in [5.74, 6) is -4.22. The van der Waals surface area contributed by atoms with Gasteiger partial charge in [0.2, 0.25) is 5.91 Å². The molecule has 1 aromatic rings. The molecule has 1 unspecified atom stereocenters. The largest absolute Gasteiger partial charge is 0.368 e. The lowest BCUT2D eigenvalue weighted by atomic mass is 10.0. The molecule has 0 fully saturated rings. The highest BCUT2D eigenvalue weighted by molar-refractivity contribution is 5.97. The Morgan fingerprint density at radius 2 is 1.89 bits per heavy atom. The second-order valence-electron chi connectivity index (χ2n) is 4.20. The van der Waals surface area contributed by atoms with E-state index in [1.807, 2.05) is 0 Å². The minimum absolute atomic E-state index is 0.247. The molecule has 0 saturated carbocycles. The van der Waals surface area contributed by atoms with Crippen LogP contribution in [-0.2, 0) is 4.79 Å². The van der Waals surface area contributed by atoms with Crippen LogP contribution in [0.15, 0.2) is 18.2 Å². The Labute approximate surface area is 103 Å². The van der Waals surface area contributed by atoms with E-state index < -0.39 is 35.1 Å². The zero-order valence-electron chi connectivity index (χ0n) is 10.0. The summed E-state index contributed by atoms with van der Waals surface area (Å²) in [5.41, 5.74) is 4.65. The lowest BCUT2D eigenvalue weighted by molar-refractivity contribution is -0.120. The summed E-state index contributed by atoms with van der Waals surface area (Å²) in [6, 6.07) is 2.31. The quantitative estimate of drug-likeness (QED) is 0.849. The van der Waals surface area contributed by atoms with Crippen LogP contribution in [0.3, 0.4) is 0 Å². The van der Waals surface area contributed by atoms with Gasteiger partial charge in [-0.2, -0.15) is 0 Å². The monoisotopic (exact) mass is 256 g/mol. The lowest BCUT2D eigenvalue weighted by Gasteiger charge is -2.19. The number of primary amides is 1. The summed E-state index contributed by atoms with van der Waals surface area (Å²) < 4.78 is 26.3. The molecule has 4 nitrogen and oxygen atoms in total. The zero-order chi connectivity index (χ0) is 13.9. The third-order valence-electron chi connectivity index (χ3n) is 2.46. The van der Waals surface area contributed by atoms with Crippen molar-refractivity contribution < 1.29 is 18.4 Å². The Bertz CT molecular complexity index is 475. The molecule has 0 bridgehead atoms. The number of benzene rings is 1. The Kier molecular flexibility index (Phi) is 4.36. The van der Waals surface area contributed by atoms with Gasteiger partial charge in [0, 0.05) is 0 Å². The van der Waals surface area contributed by atoms with Crippen LogP contribution in [0, 0.1) is 17.6 Å². The van der Waals surface area contributed by atoms with E-state index in [9.17, 15) is 18.4 Å². The summed E-state index contributed by atoms with van der Waals surface area (Å²) in [5, 5.41) is 2.28. The fourth-order valence-electron chi connectivity index (χ4n) is 1.46. The van der Waals surface area contributed by atoms with Crippen LogP contribution in [0.5, 0.6) is 0 Å². The van der Waals surface area contributed by atoms with Crippen molar-refractivity contribution in [3.05, 3.63) is 35.4 Å². The molecule has 3 N–H and O–H groups in total. The number of nitrogens with one attached hydrogen (secondary N) is 1. The van der Waals surface area contributed by atoms with Crippen molar-refractivity contribution in [2.45, 2.75) is 19.9 Å². The number of halogens is 2. The standard InChI is InChI=1S/C12H14F2N2O2/c1-6(2)10(11(15)17)16-12(18)7-4-3-5-8(13)9(7)14/h3-6,10H,1-2H3,(H2,15,17)(H,16,18). The third-order valence-corrected chi connectivity index (χ3v) is 2.46. The first-order chi connectivity index (χ1) is 8.34. The van der Waals surface area contributed by atoms with Crippen LogP contribution in [-0.4, -0.2) is 17.9 Å². The number of amides is 2. The molecule has 6 heteroatoms. The van der Waals surface area contributed by atoms with Crippen molar-refractivity contribution in [2.24, 2.45) is 11.7 Å². The van der Waals surface area contributed by atoms with Gasteiger partial charge in [-0.15, -0.1) is 0 Å². The van der Waals surface area contributed by atoms with Gasteiger partial charge in [-0.25, -0.2) is 8.78 Å². The molecule has 0 radical (unpaired) electrons. The molecule has 0 aliphatic heterocycles. The second-order valence-corrected chi connectivity index (χ2v) is 4.20. The average Bonchev–Trinajstić information content (AvgIpc) is 2.28. The maximum absolute atomic E-state index is 13.4. The van der Waals surface area contributed by atoms with Gasteiger partial charge in [0.15, 0.2) is 11.6 Å². The molecule has 0 aliphatic carbocycles. The minimum Gasteiger partial charge on any atom is -0.368 e. The fraction of sp³-hybridized carbons (Fsp3) is 0.333. The third kappa shape index (κ3) is 3.03. The molecule has 0 heterocycles. The molecule has 0 spiro atoms. The summed E-state index contributed by atoms with van der Waals surface area (Å²) in [6.07, 6.45) is 0. The highest BCUT2D eigenvalue weighted by Crippen LogP contribution is 2.12. The fourth-order valence-corrected chi connectivity index (χ4v) is 1.46. The van der Waals surface area contributed by atoms with Crippen molar-refractivity contribution in [3.8, 4) is 0 Å². The van der Waals surface area contributed by atoms with Gasteiger partial charge in [-0.05, 0) is 18.1 Å². The van der Waals surface area contributed by atoms with Crippen molar-refractivity contribution in [1.82, 2.24) is 5.32 Å². The predicted octanol–water partition coefficient (Wildman–Crippen LogP) is 1.20. The highest BCUT2D eigenvalue weighted by Gasteiger charge is 2.24. The SMILES string of the molecule is CC(C)C(NC(=O)c1cccc(F)c1F)C(N)=O. The molecular weight excluding hydrogens is 242 g/mol. The van der Waals surface area contributed by atoms with E-state index in [1.54, 1.807) is 13.8 Å². The molecule has 2 amide bonds. The molecule has 18 heavy (non-hydrogen) atoms. The first-order valence-corrected chi connectivity index (χ1v) is 5.38. The maximum atomic E-state index is 13.4. The van der Waals surface area contributed by atoms with Crippen molar-refractivity contribution >= 4 is 11.8 Å². The smallest absolute Gasteiger partial charge is 0.255 e. The normalized spacial score (nSPS) is 12.3. The number of hydrogen-bond acceptors (Lipinski definition) is 2. The predicted molar refractivity (Wildman–Crippen MR) is 61.6 cm³/mol. The van der Waals surface area contributed by atoms with Crippen LogP contribution in [0.25, 0.3) is 0 Å². The van der Waals surface area contributed by atoms with Crippen molar-refractivity contribution in [2.75, 3.05) is 0 Å². The summed E-state index contributed by atoms with van der Waals surface area (Å²) in [4.78, 5) is 22.8. The van der Waals surface area contributed by atoms with Gasteiger partial charge in [0.25, 0.3) is 5.91 Å². The number of nitrogens with two attached hydrogens (primary N) is 1. The number of hydrogen-bond donors (Lipinski definition) is 2. The van der Waals surface area contributed by atoms with Gasteiger partial charge in [-0.3, -0.25) is 9.59 Å². The second kappa shape index (κ2) is 5.57. The number of rotatable bonds is 4. The van der Waals surface area contributed by atoms with Crippen molar-refractivity contribution in [1.29, 1.82) is 0 Å². The number of carbonyl (C=O) groups is 2. The Morgan fingerprint density at radius 3 is 2.39 bits per heavy atom. The molecule has 1 atom stereocenters. The average molecular weight is 256 g/mol. The van der Waals surface area contributed by atoms with E-state index in [0.29, 0.717) is 0 Å². The van der Waals surface area contributed by atoms with Gasteiger partial charge < -0.3 is 11.1 Å². The van der Waals surface area contributed by atoms with Gasteiger partial charge in [-0.1, -0.05) is 19.9 Å².